The Bertz CT molecular complexity index is 1180. The number of hydrogen-bond acceptors (Lipinski definition) is 6. The lowest BCUT2D eigenvalue weighted by Crippen LogP contribution is -2.36. The number of aromatic nitrogens is 5. The predicted molar refractivity (Wildman–Crippen MR) is 117 cm³/mol. The van der Waals surface area contributed by atoms with Gasteiger partial charge in [-0.15, -0.1) is 0 Å². The van der Waals surface area contributed by atoms with Gasteiger partial charge >= 0.3 is 5.69 Å². The molecule has 2 aromatic heterocycles. The maximum Gasteiger partial charge on any atom is 0.346 e. The van der Waals surface area contributed by atoms with Gasteiger partial charge in [-0.3, -0.25) is 9.36 Å². The first kappa shape index (κ1) is 21.7. The zero-order valence-electron chi connectivity index (χ0n) is 18.4. The molecule has 1 aromatic carbocycles. The van der Waals surface area contributed by atoms with Gasteiger partial charge in [0.05, 0.1) is 17.8 Å². The third kappa shape index (κ3) is 4.53. The quantitative estimate of drug-likeness (QED) is 0.648. The molecule has 1 amide bonds. The highest BCUT2D eigenvalue weighted by molar-refractivity contribution is 5.95. The highest BCUT2D eigenvalue weighted by Gasteiger charge is 2.23. The van der Waals surface area contributed by atoms with E-state index in [1.165, 1.54) is 16.8 Å². The molecule has 1 aliphatic heterocycles. The molecule has 9 nitrogen and oxygen atoms in total. The highest BCUT2D eigenvalue weighted by Crippen LogP contribution is 2.15. The fourth-order valence-electron chi connectivity index (χ4n) is 3.79. The Balaban J connectivity index is 1.42. The van der Waals surface area contributed by atoms with E-state index in [4.69, 9.17) is 0 Å². The molecule has 1 atom stereocenters. The minimum atomic E-state index is -0.315. The third-order valence-corrected chi connectivity index (χ3v) is 5.61. The predicted octanol–water partition coefficient (Wildman–Crippen LogP) is 1.53. The fourth-order valence-corrected chi connectivity index (χ4v) is 3.79. The molecule has 0 bridgehead atoms. The molecule has 168 valence electrons. The number of nitrogens with one attached hydrogen (secondary N) is 1. The summed E-state index contributed by atoms with van der Waals surface area (Å²) in [4.78, 5) is 35.9. The van der Waals surface area contributed by atoms with Crippen molar-refractivity contribution in [2.75, 3.05) is 19.0 Å². The summed E-state index contributed by atoms with van der Waals surface area (Å²) in [5, 5.41) is 7.53. The fraction of sp³-hybridized carbons (Fsp3) is 0.409. The minimum Gasteiger partial charge on any atom is -0.349 e. The van der Waals surface area contributed by atoms with Gasteiger partial charge in [0, 0.05) is 39.3 Å². The van der Waals surface area contributed by atoms with Gasteiger partial charge in [0.1, 0.15) is 11.6 Å². The lowest BCUT2D eigenvalue weighted by molar-refractivity contribution is 0.0931. The van der Waals surface area contributed by atoms with Gasteiger partial charge in [-0.2, -0.15) is 5.10 Å². The van der Waals surface area contributed by atoms with Crippen LogP contribution in [0.15, 0.2) is 35.3 Å². The van der Waals surface area contributed by atoms with E-state index >= 15 is 0 Å². The summed E-state index contributed by atoms with van der Waals surface area (Å²) in [7, 11) is 3.69. The molecule has 4 rings (SSSR count). The molecule has 0 saturated heterocycles. The number of rotatable bonds is 5. The van der Waals surface area contributed by atoms with Gasteiger partial charge in [-0.05, 0) is 37.5 Å². The molecule has 1 aliphatic rings. The summed E-state index contributed by atoms with van der Waals surface area (Å²) >= 11 is 0. The molecule has 0 fully saturated rings. The summed E-state index contributed by atoms with van der Waals surface area (Å²) in [5.41, 5.74) is 1.68. The van der Waals surface area contributed by atoms with Crippen LogP contribution in [-0.4, -0.2) is 50.4 Å². The van der Waals surface area contributed by atoms with Crippen LogP contribution >= 0.6 is 0 Å². The third-order valence-electron chi connectivity index (χ3n) is 5.61. The normalized spacial score (nSPS) is 15.7. The van der Waals surface area contributed by atoms with Gasteiger partial charge in [0.2, 0.25) is 5.95 Å². The molecule has 1 unspecified atom stereocenters. The van der Waals surface area contributed by atoms with E-state index in [2.05, 4.69) is 20.4 Å². The second kappa shape index (κ2) is 8.89. The number of benzene rings is 1. The number of amides is 1. The summed E-state index contributed by atoms with van der Waals surface area (Å²) < 4.78 is 16.2. The van der Waals surface area contributed by atoms with E-state index < -0.39 is 0 Å². The number of carbonyl (C=O) groups is 1. The van der Waals surface area contributed by atoms with Crippen LogP contribution in [0.5, 0.6) is 0 Å². The molecule has 10 heteroatoms. The van der Waals surface area contributed by atoms with Crippen LogP contribution in [0, 0.1) is 12.7 Å². The average Bonchev–Trinajstić information content (AvgIpc) is 2.92. The first-order valence-corrected chi connectivity index (χ1v) is 10.5. The van der Waals surface area contributed by atoms with E-state index in [1.807, 2.05) is 14.1 Å². The number of anilines is 1. The van der Waals surface area contributed by atoms with Gasteiger partial charge in [-0.25, -0.2) is 23.8 Å². The maximum atomic E-state index is 13.1. The van der Waals surface area contributed by atoms with Crippen molar-refractivity contribution < 1.29 is 9.18 Å². The number of carbonyl (C=O) groups excluding carboxylic acids is 1. The molecule has 0 spiro atoms. The standard InChI is InChI=1S/C22H26FN7O2/c1-14-18(12-24-21(25-14)28(2)3)20(31)26-17-8-9-19-27-30(22(32)29(19)11-10-17)13-15-4-6-16(23)7-5-15/h4-7,12,17H,8-11,13H2,1-3H3,(H,26,31). The molecule has 32 heavy (non-hydrogen) atoms. The van der Waals surface area contributed by atoms with Crippen LogP contribution in [0.1, 0.15) is 40.3 Å². The Labute approximate surface area is 184 Å². The van der Waals surface area contributed by atoms with Crippen molar-refractivity contribution in [3.8, 4) is 0 Å². The first-order valence-electron chi connectivity index (χ1n) is 10.5. The van der Waals surface area contributed by atoms with E-state index in [9.17, 15) is 14.0 Å². The average molecular weight is 439 g/mol. The lowest BCUT2D eigenvalue weighted by Gasteiger charge is -2.17. The monoisotopic (exact) mass is 439 g/mol. The van der Waals surface area contributed by atoms with Crippen molar-refractivity contribution in [2.24, 2.45) is 0 Å². The zero-order valence-corrected chi connectivity index (χ0v) is 18.4. The Kier molecular flexibility index (Phi) is 6.02. The van der Waals surface area contributed by atoms with Crippen molar-refractivity contribution in [1.82, 2.24) is 29.6 Å². The van der Waals surface area contributed by atoms with Gasteiger partial charge < -0.3 is 10.2 Å². The molecule has 0 aliphatic carbocycles. The summed E-state index contributed by atoms with van der Waals surface area (Å²) in [6.07, 6.45) is 3.42. The van der Waals surface area contributed by atoms with Gasteiger partial charge in [-0.1, -0.05) is 12.1 Å². The van der Waals surface area contributed by atoms with Gasteiger partial charge in [0.25, 0.3) is 5.91 Å². The van der Waals surface area contributed by atoms with Crippen molar-refractivity contribution in [3.05, 3.63) is 69.4 Å². The second-order valence-electron chi connectivity index (χ2n) is 8.20. The minimum absolute atomic E-state index is 0.0814. The molecular weight excluding hydrogens is 413 g/mol. The van der Waals surface area contributed by atoms with E-state index in [1.54, 1.807) is 34.7 Å². The van der Waals surface area contributed by atoms with Crippen LogP contribution in [0.2, 0.25) is 0 Å². The Morgan fingerprint density at radius 2 is 2.00 bits per heavy atom. The summed E-state index contributed by atoms with van der Waals surface area (Å²) in [6.45, 7) is 2.55. The SMILES string of the molecule is Cc1nc(N(C)C)ncc1C(=O)NC1CCc2nn(Cc3ccc(F)cc3)c(=O)n2CC1. The van der Waals surface area contributed by atoms with Crippen molar-refractivity contribution in [2.45, 2.75) is 45.3 Å². The number of hydrogen-bond donors (Lipinski definition) is 1. The number of halogens is 1. The Morgan fingerprint density at radius 3 is 2.69 bits per heavy atom. The highest BCUT2D eigenvalue weighted by atomic mass is 19.1. The van der Waals surface area contributed by atoms with Crippen molar-refractivity contribution in [1.29, 1.82) is 0 Å². The van der Waals surface area contributed by atoms with E-state index in [-0.39, 0.29) is 23.5 Å². The van der Waals surface area contributed by atoms with Crippen LogP contribution < -0.4 is 15.9 Å². The molecule has 1 N–H and O–H groups in total. The molecular formula is C22H26FN7O2. The van der Waals surface area contributed by atoms with Crippen LogP contribution in [0.3, 0.4) is 0 Å². The summed E-state index contributed by atoms with van der Waals surface area (Å²) in [5.74, 6) is 0.718. The number of nitrogens with zero attached hydrogens (tertiary/aromatic N) is 6. The van der Waals surface area contributed by atoms with Crippen LogP contribution in [-0.2, 0) is 19.5 Å². The largest absolute Gasteiger partial charge is 0.349 e. The van der Waals surface area contributed by atoms with Crippen molar-refractivity contribution in [3.63, 3.8) is 0 Å². The molecule has 0 radical (unpaired) electrons. The number of fused-ring (bicyclic) bond motifs is 1. The smallest absolute Gasteiger partial charge is 0.346 e. The topological polar surface area (TPSA) is 97.9 Å². The molecule has 3 heterocycles. The maximum absolute atomic E-state index is 13.1. The van der Waals surface area contributed by atoms with Crippen LogP contribution in [0.25, 0.3) is 0 Å². The second-order valence-corrected chi connectivity index (χ2v) is 8.20. The molecule has 3 aromatic rings. The van der Waals surface area contributed by atoms with Gasteiger partial charge in [0.15, 0.2) is 0 Å². The lowest BCUT2D eigenvalue weighted by atomic mass is 10.1. The van der Waals surface area contributed by atoms with E-state index in [0.29, 0.717) is 55.4 Å². The Morgan fingerprint density at radius 1 is 1.25 bits per heavy atom. The number of aryl methyl sites for hydroxylation is 2. The molecule has 0 saturated carbocycles. The Hall–Kier alpha value is -3.56. The zero-order chi connectivity index (χ0) is 22.8. The summed E-state index contributed by atoms with van der Waals surface area (Å²) in [6, 6.07) is 5.95. The van der Waals surface area contributed by atoms with E-state index in [0.717, 1.165) is 5.56 Å². The van der Waals surface area contributed by atoms with Crippen LogP contribution in [0.4, 0.5) is 10.3 Å². The first-order chi connectivity index (χ1) is 15.3. The van der Waals surface area contributed by atoms with Crippen molar-refractivity contribution >= 4 is 11.9 Å².